The SMILES string of the molecule is CC(C)NC(=O)CN(C)C(=O)C1C=CC(N)C1. The summed E-state index contributed by atoms with van der Waals surface area (Å²) in [6.45, 7) is 3.87. The third-order valence-electron chi connectivity index (χ3n) is 2.64. The van der Waals surface area contributed by atoms with Crippen molar-refractivity contribution in [1.29, 1.82) is 0 Å². The first kappa shape index (κ1) is 13.7. The van der Waals surface area contributed by atoms with Crippen LogP contribution in [0.2, 0.25) is 0 Å². The lowest BCUT2D eigenvalue weighted by Crippen LogP contribution is -2.42. The van der Waals surface area contributed by atoms with Crippen LogP contribution < -0.4 is 11.1 Å². The van der Waals surface area contributed by atoms with E-state index >= 15 is 0 Å². The Hall–Kier alpha value is -1.36. The number of rotatable bonds is 4. The summed E-state index contributed by atoms with van der Waals surface area (Å²) in [6.07, 6.45) is 4.30. The molecule has 0 saturated heterocycles. The fraction of sp³-hybridized carbons (Fsp3) is 0.667. The molecule has 96 valence electrons. The van der Waals surface area contributed by atoms with Crippen LogP contribution in [0.1, 0.15) is 20.3 Å². The number of carbonyl (C=O) groups excluding carboxylic acids is 2. The van der Waals surface area contributed by atoms with E-state index in [0.717, 1.165) is 0 Å². The monoisotopic (exact) mass is 239 g/mol. The molecule has 2 atom stereocenters. The highest BCUT2D eigenvalue weighted by atomic mass is 16.2. The van der Waals surface area contributed by atoms with Gasteiger partial charge in [-0.2, -0.15) is 0 Å². The van der Waals surface area contributed by atoms with Crippen LogP contribution in [0.5, 0.6) is 0 Å². The normalized spacial score (nSPS) is 22.9. The summed E-state index contributed by atoms with van der Waals surface area (Å²) in [5, 5.41) is 2.75. The average molecular weight is 239 g/mol. The van der Waals surface area contributed by atoms with Crippen LogP contribution in [0.25, 0.3) is 0 Å². The van der Waals surface area contributed by atoms with Crippen molar-refractivity contribution in [2.24, 2.45) is 11.7 Å². The van der Waals surface area contributed by atoms with Crippen LogP contribution in [0.4, 0.5) is 0 Å². The molecule has 1 aliphatic carbocycles. The minimum absolute atomic E-state index is 0.0400. The van der Waals surface area contributed by atoms with Crippen LogP contribution in [-0.4, -0.2) is 42.4 Å². The number of hydrogen-bond acceptors (Lipinski definition) is 3. The van der Waals surface area contributed by atoms with Gasteiger partial charge in [0, 0.05) is 19.1 Å². The van der Waals surface area contributed by atoms with Gasteiger partial charge in [-0.05, 0) is 20.3 Å². The molecule has 0 saturated carbocycles. The number of nitrogens with two attached hydrogens (primary N) is 1. The molecule has 0 aliphatic heterocycles. The van der Waals surface area contributed by atoms with Gasteiger partial charge in [0.25, 0.3) is 0 Å². The zero-order chi connectivity index (χ0) is 13.0. The van der Waals surface area contributed by atoms with Crippen molar-refractivity contribution in [3.05, 3.63) is 12.2 Å². The fourth-order valence-corrected chi connectivity index (χ4v) is 1.85. The molecule has 1 rings (SSSR count). The van der Waals surface area contributed by atoms with E-state index in [2.05, 4.69) is 5.32 Å². The number of amides is 2. The quantitative estimate of drug-likeness (QED) is 0.671. The van der Waals surface area contributed by atoms with Gasteiger partial charge < -0.3 is 16.0 Å². The van der Waals surface area contributed by atoms with Gasteiger partial charge in [0.2, 0.25) is 11.8 Å². The molecule has 0 fully saturated rings. The van der Waals surface area contributed by atoms with E-state index < -0.39 is 0 Å². The standard InChI is InChI=1S/C12H21N3O2/c1-8(2)14-11(16)7-15(3)12(17)9-4-5-10(13)6-9/h4-5,8-10H,6-7,13H2,1-3H3,(H,14,16). The third-order valence-corrected chi connectivity index (χ3v) is 2.64. The van der Waals surface area contributed by atoms with Gasteiger partial charge in [-0.15, -0.1) is 0 Å². The van der Waals surface area contributed by atoms with E-state index in [-0.39, 0.29) is 36.4 Å². The van der Waals surface area contributed by atoms with Crippen molar-refractivity contribution in [1.82, 2.24) is 10.2 Å². The van der Waals surface area contributed by atoms with Gasteiger partial charge in [-0.3, -0.25) is 9.59 Å². The van der Waals surface area contributed by atoms with Gasteiger partial charge >= 0.3 is 0 Å². The molecule has 17 heavy (non-hydrogen) atoms. The first-order valence-electron chi connectivity index (χ1n) is 5.88. The van der Waals surface area contributed by atoms with E-state index in [0.29, 0.717) is 6.42 Å². The molecule has 0 heterocycles. The first-order valence-corrected chi connectivity index (χ1v) is 5.88. The lowest BCUT2D eigenvalue weighted by atomic mass is 10.1. The van der Waals surface area contributed by atoms with E-state index in [1.165, 1.54) is 4.90 Å². The maximum atomic E-state index is 12.0. The van der Waals surface area contributed by atoms with Gasteiger partial charge in [0.05, 0.1) is 12.5 Å². The van der Waals surface area contributed by atoms with Crippen LogP contribution in [-0.2, 0) is 9.59 Å². The molecule has 2 unspecified atom stereocenters. The Labute approximate surface area is 102 Å². The van der Waals surface area contributed by atoms with E-state index in [4.69, 9.17) is 5.73 Å². The number of nitrogens with zero attached hydrogens (tertiary/aromatic N) is 1. The Morgan fingerprint density at radius 2 is 2.12 bits per heavy atom. The minimum atomic E-state index is -0.179. The molecule has 3 N–H and O–H groups in total. The predicted octanol–water partition coefficient (Wildman–Crippen LogP) is -0.127. The number of nitrogens with one attached hydrogen (secondary N) is 1. The Balaban J connectivity index is 2.42. The fourth-order valence-electron chi connectivity index (χ4n) is 1.85. The molecule has 0 bridgehead atoms. The number of hydrogen-bond donors (Lipinski definition) is 2. The molecule has 1 aliphatic rings. The van der Waals surface area contributed by atoms with Gasteiger partial charge in [0.1, 0.15) is 0 Å². The molecule has 0 radical (unpaired) electrons. The lowest BCUT2D eigenvalue weighted by molar-refractivity contribution is -0.137. The molecular formula is C12H21N3O2. The molecular weight excluding hydrogens is 218 g/mol. The van der Waals surface area contributed by atoms with Crippen molar-refractivity contribution in [3.8, 4) is 0 Å². The highest BCUT2D eigenvalue weighted by molar-refractivity contribution is 5.86. The minimum Gasteiger partial charge on any atom is -0.352 e. The topological polar surface area (TPSA) is 75.4 Å². The first-order chi connectivity index (χ1) is 7.90. The molecule has 0 aromatic heterocycles. The molecule has 5 heteroatoms. The molecule has 5 nitrogen and oxygen atoms in total. The van der Waals surface area contributed by atoms with Crippen molar-refractivity contribution in [2.45, 2.75) is 32.4 Å². The Bertz CT molecular complexity index is 326. The van der Waals surface area contributed by atoms with Gasteiger partial charge in [0.15, 0.2) is 0 Å². The predicted molar refractivity (Wildman–Crippen MR) is 66.1 cm³/mol. The molecule has 0 aromatic rings. The summed E-state index contributed by atoms with van der Waals surface area (Å²) >= 11 is 0. The van der Waals surface area contributed by atoms with Gasteiger partial charge in [-0.25, -0.2) is 0 Å². The maximum absolute atomic E-state index is 12.0. The highest BCUT2D eigenvalue weighted by Crippen LogP contribution is 2.18. The Morgan fingerprint density at radius 3 is 2.59 bits per heavy atom. The molecule has 0 aromatic carbocycles. The summed E-state index contributed by atoms with van der Waals surface area (Å²) in [6, 6.07) is 0.0487. The smallest absolute Gasteiger partial charge is 0.239 e. The summed E-state index contributed by atoms with van der Waals surface area (Å²) in [5.41, 5.74) is 5.69. The molecule has 0 spiro atoms. The zero-order valence-corrected chi connectivity index (χ0v) is 10.6. The summed E-state index contributed by atoms with van der Waals surface area (Å²) < 4.78 is 0. The maximum Gasteiger partial charge on any atom is 0.239 e. The average Bonchev–Trinajstić information content (AvgIpc) is 2.62. The Morgan fingerprint density at radius 1 is 1.47 bits per heavy atom. The van der Waals surface area contributed by atoms with Crippen LogP contribution in [0.3, 0.4) is 0 Å². The second-order valence-corrected chi connectivity index (χ2v) is 4.81. The number of carbonyl (C=O) groups is 2. The van der Waals surface area contributed by atoms with Crippen molar-refractivity contribution < 1.29 is 9.59 Å². The summed E-state index contributed by atoms with van der Waals surface area (Å²) in [4.78, 5) is 24.9. The van der Waals surface area contributed by atoms with Gasteiger partial charge in [-0.1, -0.05) is 12.2 Å². The highest BCUT2D eigenvalue weighted by Gasteiger charge is 2.26. The molecule has 2 amide bonds. The van der Waals surface area contributed by atoms with E-state index in [1.54, 1.807) is 7.05 Å². The van der Waals surface area contributed by atoms with Crippen LogP contribution in [0.15, 0.2) is 12.2 Å². The van der Waals surface area contributed by atoms with E-state index in [1.807, 2.05) is 26.0 Å². The third kappa shape index (κ3) is 4.19. The Kier molecular flexibility index (Phi) is 4.69. The summed E-state index contributed by atoms with van der Waals surface area (Å²) in [7, 11) is 1.64. The lowest BCUT2D eigenvalue weighted by Gasteiger charge is -2.20. The zero-order valence-electron chi connectivity index (χ0n) is 10.6. The van der Waals surface area contributed by atoms with Crippen molar-refractivity contribution >= 4 is 11.8 Å². The summed E-state index contributed by atoms with van der Waals surface area (Å²) in [5.74, 6) is -0.364. The van der Waals surface area contributed by atoms with E-state index in [9.17, 15) is 9.59 Å². The van der Waals surface area contributed by atoms with Crippen molar-refractivity contribution in [3.63, 3.8) is 0 Å². The second kappa shape index (κ2) is 5.82. The van der Waals surface area contributed by atoms with Crippen LogP contribution in [0, 0.1) is 5.92 Å². The van der Waals surface area contributed by atoms with Crippen LogP contribution >= 0.6 is 0 Å². The largest absolute Gasteiger partial charge is 0.352 e. The number of likely N-dealkylation sites (N-methyl/N-ethyl adjacent to an activating group) is 1. The van der Waals surface area contributed by atoms with Crippen molar-refractivity contribution in [2.75, 3.05) is 13.6 Å². The second-order valence-electron chi connectivity index (χ2n) is 4.81.